The number of fused-ring (bicyclic) bond motifs is 2. The Labute approximate surface area is 137 Å². The molecule has 3 amide bonds. The van der Waals surface area contributed by atoms with Crippen LogP contribution in [0.1, 0.15) is 32.0 Å². The van der Waals surface area contributed by atoms with Crippen LogP contribution in [0.5, 0.6) is 0 Å². The zero-order chi connectivity index (χ0) is 16.7. The van der Waals surface area contributed by atoms with E-state index in [1.807, 2.05) is 0 Å². The van der Waals surface area contributed by atoms with Crippen molar-refractivity contribution in [3.8, 4) is 0 Å². The fraction of sp³-hybridized carbons (Fsp3) is 0.235. The first kappa shape index (κ1) is 14.5. The molecule has 0 atom stereocenters. The predicted molar refractivity (Wildman–Crippen MR) is 83.0 cm³/mol. The van der Waals surface area contributed by atoms with Gasteiger partial charge in [-0.25, -0.2) is 9.97 Å². The first-order valence-corrected chi connectivity index (χ1v) is 7.66. The van der Waals surface area contributed by atoms with Gasteiger partial charge in [-0.3, -0.25) is 19.3 Å². The number of nitrogens with zero attached hydrogens (tertiary/aromatic N) is 4. The number of hydrogen-bond donors (Lipinski definition) is 0. The van der Waals surface area contributed by atoms with Gasteiger partial charge < -0.3 is 4.90 Å². The van der Waals surface area contributed by atoms with Crippen molar-refractivity contribution in [2.24, 2.45) is 0 Å². The highest BCUT2D eigenvalue weighted by molar-refractivity contribution is 6.22. The van der Waals surface area contributed by atoms with Gasteiger partial charge in [-0.2, -0.15) is 0 Å². The lowest BCUT2D eigenvalue weighted by molar-refractivity contribution is -0.132. The number of imide groups is 1. The summed E-state index contributed by atoms with van der Waals surface area (Å²) in [6.45, 7) is 0.680. The third-order valence-corrected chi connectivity index (χ3v) is 4.39. The lowest BCUT2D eigenvalue weighted by atomic mass is 10.1. The third kappa shape index (κ3) is 2.25. The van der Waals surface area contributed by atoms with Crippen molar-refractivity contribution in [3.05, 3.63) is 59.2 Å². The molecule has 0 spiro atoms. The van der Waals surface area contributed by atoms with Gasteiger partial charge >= 0.3 is 0 Å². The van der Waals surface area contributed by atoms with Crippen LogP contribution >= 0.6 is 0 Å². The molecule has 3 heterocycles. The Morgan fingerprint density at radius 1 is 1.12 bits per heavy atom. The summed E-state index contributed by atoms with van der Waals surface area (Å²) < 4.78 is 0. The van der Waals surface area contributed by atoms with E-state index in [0.29, 0.717) is 30.6 Å². The minimum absolute atomic E-state index is 0.241. The molecule has 4 rings (SSSR count). The van der Waals surface area contributed by atoms with E-state index < -0.39 is 11.8 Å². The van der Waals surface area contributed by atoms with Gasteiger partial charge in [0.05, 0.1) is 16.8 Å². The second-order valence-corrected chi connectivity index (χ2v) is 5.80. The molecule has 0 radical (unpaired) electrons. The second-order valence-electron chi connectivity index (χ2n) is 5.80. The highest BCUT2D eigenvalue weighted by Gasteiger charge is 2.37. The molecule has 0 aliphatic carbocycles. The van der Waals surface area contributed by atoms with E-state index in [2.05, 4.69) is 9.97 Å². The smallest absolute Gasteiger partial charge is 0.262 e. The molecule has 0 N–H and O–H groups in total. The average Bonchev–Trinajstić information content (AvgIpc) is 2.86. The minimum Gasteiger partial charge on any atom is -0.336 e. The number of rotatable bonds is 2. The Kier molecular flexibility index (Phi) is 3.34. The maximum atomic E-state index is 12.5. The van der Waals surface area contributed by atoms with Crippen LogP contribution in [-0.2, 0) is 17.8 Å². The molecule has 120 valence electrons. The molecule has 1 aromatic carbocycles. The molecule has 0 unspecified atom stereocenters. The van der Waals surface area contributed by atoms with Crippen molar-refractivity contribution in [1.82, 2.24) is 19.8 Å². The molecule has 2 aliphatic heterocycles. The summed E-state index contributed by atoms with van der Waals surface area (Å²) in [6.07, 6.45) is 3.84. The van der Waals surface area contributed by atoms with Crippen molar-refractivity contribution in [1.29, 1.82) is 0 Å². The SMILES string of the molecule is O=C(CN1C(=O)c2ccccc2C1=O)N1CCc2ncncc2C1. The number of aromatic nitrogens is 2. The fourth-order valence-electron chi connectivity index (χ4n) is 3.10. The second kappa shape index (κ2) is 5.52. The van der Waals surface area contributed by atoms with Crippen LogP contribution in [0.15, 0.2) is 36.8 Å². The normalized spacial score (nSPS) is 16.2. The zero-order valence-corrected chi connectivity index (χ0v) is 12.8. The van der Waals surface area contributed by atoms with Crippen LogP contribution in [0.3, 0.4) is 0 Å². The monoisotopic (exact) mass is 322 g/mol. The van der Waals surface area contributed by atoms with Gasteiger partial charge in [-0.15, -0.1) is 0 Å². The molecule has 7 nitrogen and oxygen atoms in total. The quantitative estimate of drug-likeness (QED) is 0.758. The summed E-state index contributed by atoms with van der Waals surface area (Å²) in [5.41, 5.74) is 2.55. The van der Waals surface area contributed by atoms with Crippen LogP contribution in [0.25, 0.3) is 0 Å². The first-order valence-electron chi connectivity index (χ1n) is 7.66. The van der Waals surface area contributed by atoms with Crippen molar-refractivity contribution in [3.63, 3.8) is 0 Å². The van der Waals surface area contributed by atoms with Crippen LogP contribution in [0.4, 0.5) is 0 Å². The lowest BCUT2D eigenvalue weighted by Crippen LogP contribution is -2.44. The maximum Gasteiger partial charge on any atom is 0.262 e. The van der Waals surface area contributed by atoms with E-state index in [-0.39, 0.29) is 12.5 Å². The van der Waals surface area contributed by atoms with Crippen LogP contribution in [0, 0.1) is 0 Å². The van der Waals surface area contributed by atoms with Gasteiger partial charge in [-0.1, -0.05) is 12.1 Å². The van der Waals surface area contributed by atoms with Gasteiger partial charge in [0.15, 0.2) is 0 Å². The number of carbonyl (C=O) groups is 3. The van der Waals surface area contributed by atoms with E-state index in [0.717, 1.165) is 16.2 Å². The Balaban J connectivity index is 1.50. The Hall–Kier alpha value is -3.09. The highest BCUT2D eigenvalue weighted by atomic mass is 16.2. The largest absolute Gasteiger partial charge is 0.336 e. The lowest BCUT2D eigenvalue weighted by Gasteiger charge is -2.29. The van der Waals surface area contributed by atoms with E-state index in [9.17, 15) is 14.4 Å². The molecule has 0 saturated carbocycles. The highest BCUT2D eigenvalue weighted by Crippen LogP contribution is 2.23. The molecule has 2 aliphatic rings. The van der Waals surface area contributed by atoms with Gasteiger partial charge in [-0.05, 0) is 12.1 Å². The topological polar surface area (TPSA) is 83.5 Å². The minimum atomic E-state index is -0.412. The average molecular weight is 322 g/mol. The number of amides is 3. The van der Waals surface area contributed by atoms with Gasteiger partial charge in [0, 0.05) is 31.3 Å². The van der Waals surface area contributed by atoms with Crippen LogP contribution in [-0.4, -0.2) is 50.6 Å². The number of carbonyl (C=O) groups excluding carboxylic acids is 3. The Bertz CT molecular complexity index is 829. The summed E-state index contributed by atoms with van der Waals surface area (Å²) in [6, 6.07) is 6.62. The zero-order valence-electron chi connectivity index (χ0n) is 12.8. The van der Waals surface area contributed by atoms with Crippen LogP contribution < -0.4 is 0 Å². The molecular formula is C17H14N4O3. The molecule has 2 aromatic rings. The summed E-state index contributed by atoms with van der Waals surface area (Å²) in [5, 5.41) is 0. The van der Waals surface area contributed by atoms with E-state index >= 15 is 0 Å². The summed E-state index contributed by atoms with van der Waals surface area (Å²) in [5.74, 6) is -1.08. The molecule has 7 heteroatoms. The van der Waals surface area contributed by atoms with E-state index in [4.69, 9.17) is 0 Å². The predicted octanol–water partition coefficient (Wildman–Crippen LogP) is 0.658. The fourth-order valence-corrected chi connectivity index (χ4v) is 3.10. The molecule has 1 aromatic heterocycles. The number of hydrogen-bond acceptors (Lipinski definition) is 5. The first-order chi connectivity index (χ1) is 11.6. The summed E-state index contributed by atoms with van der Waals surface area (Å²) >= 11 is 0. The van der Waals surface area contributed by atoms with Crippen molar-refractivity contribution in [2.45, 2.75) is 13.0 Å². The summed E-state index contributed by atoms with van der Waals surface area (Å²) in [7, 11) is 0. The molecule has 0 bridgehead atoms. The number of benzene rings is 1. The van der Waals surface area contributed by atoms with Gasteiger partial charge in [0.2, 0.25) is 5.91 Å². The molecule has 0 saturated heterocycles. The van der Waals surface area contributed by atoms with Crippen molar-refractivity contribution >= 4 is 17.7 Å². The Morgan fingerprint density at radius 2 is 1.83 bits per heavy atom. The van der Waals surface area contributed by atoms with E-state index in [1.54, 1.807) is 35.4 Å². The van der Waals surface area contributed by atoms with Gasteiger partial charge in [0.1, 0.15) is 12.9 Å². The standard InChI is InChI=1S/C17H14N4O3/c22-15(20-6-5-14-11(8-20)7-18-10-19-14)9-21-16(23)12-3-1-2-4-13(12)17(21)24/h1-4,7,10H,5-6,8-9H2. The van der Waals surface area contributed by atoms with E-state index in [1.165, 1.54) is 6.33 Å². The van der Waals surface area contributed by atoms with Crippen LogP contribution in [0.2, 0.25) is 0 Å². The summed E-state index contributed by atoms with van der Waals surface area (Å²) in [4.78, 5) is 48.1. The van der Waals surface area contributed by atoms with Crippen molar-refractivity contribution < 1.29 is 14.4 Å². The molecule has 0 fully saturated rings. The van der Waals surface area contributed by atoms with Crippen molar-refractivity contribution in [2.75, 3.05) is 13.1 Å². The Morgan fingerprint density at radius 3 is 2.54 bits per heavy atom. The molecular weight excluding hydrogens is 308 g/mol. The van der Waals surface area contributed by atoms with Gasteiger partial charge in [0.25, 0.3) is 11.8 Å². The maximum absolute atomic E-state index is 12.5. The molecule has 24 heavy (non-hydrogen) atoms. The third-order valence-electron chi connectivity index (χ3n) is 4.39.